The minimum atomic E-state index is -1.91. The molecule has 5 aliphatic carbocycles. The number of hydrogen-bond donors (Lipinski definition) is 8. The molecule has 0 aromatic rings. The molecule has 6 fully saturated rings. The van der Waals surface area contributed by atoms with Crippen LogP contribution in [0.3, 0.4) is 0 Å². The van der Waals surface area contributed by atoms with E-state index in [1.807, 2.05) is 13.8 Å². The molecule has 7 rings (SSSR count). The number of aliphatic hydroxyl groups excluding tert-OH is 7. The summed E-state index contributed by atoms with van der Waals surface area (Å²) in [6, 6.07) is 0. The van der Waals surface area contributed by atoms with Crippen molar-refractivity contribution in [2.45, 2.75) is 201 Å². The van der Waals surface area contributed by atoms with Crippen LogP contribution in [0.4, 0.5) is 0 Å². The van der Waals surface area contributed by atoms with Crippen molar-refractivity contribution in [1.29, 1.82) is 0 Å². The predicted octanol–water partition coefficient (Wildman–Crippen LogP) is 3.47. The maximum absolute atomic E-state index is 13.7. The van der Waals surface area contributed by atoms with Gasteiger partial charge in [-0.05, 0) is 112 Å². The number of aliphatic carboxylic acids is 1. The van der Waals surface area contributed by atoms with Crippen LogP contribution in [-0.4, -0.2) is 152 Å². The van der Waals surface area contributed by atoms with Crippen molar-refractivity contribution in [3.8, 4) is 0 Å². The van der Waals surface area contributed by atoms with Crippen LogP contribution >= 0.6 is 0 Å². The standard InChI is InChI=1S/C51H78O17/c1-12-24(3)42(61)67-39-40(68-43(62)25(4)13-2)51(23-52)28(19-46(39,5)6)27-14-15-30-48(9)17-16-26(18-31(48)47(7,8)22-50(30,11)49(27,10)20-32(51)54)64-45-36(58)37(35(57)38(66-45)41(59)60)65-44-34(56)33(55)29(53)21-63-44/h12-14,26,28-40,44-45,52-58H,15-23H2,1-11H3,(H,59,60). The fourth-order valence-corrected chi connectivity index (χ4v) is 14.8. The van der Waals surface area contributed by atoms with Crippen LogP contribution < -0.4 is 0 Å². The number of aliphatic hydroxyl groups is 7. The number of carboxylic acid groups (broad SMARTS) is 1. The normalized spacial score (nSPS) is 47.8. The molecule has 0 aromatic heterocycles. The third-order valence-corrected chi connectivity index (χ3v) is 18.8. The first-order chi connectivity index (χ1) is 31.6. The summed E-state index contributed by atoms with van der Waals surface area (Å²) in [6.45, 7) is 21.2. The van der Waals surface area contributed by atoms with E-state index in [0.717, 1.165) is 12.0 Å². The van der Waals surface area contributed by atoms with E-state index in [1.165, 1.54) is 0 Å². The summed E-state index contributed by atoms with van der Waals surface area (Å²) < 4.78 is 35.9. The number of esters is 2. The van der Waals surface area contributed by atoms with Gasteiger partial charge in [-0.3, -0.25) is 0 Å². The molecule has 17 nitrogen and oxygen atoms in total. The second kappa shape index (κ2) is 18.7. The molecular weight excluding hydrogens is 885 g/mol. The van der Waals surface area contributed by atoms with Gasteiger partial charge in [0, 0.05) is 16.6 Å². The summed E-state index contributed by atoms with van der Waals surface area (Å²) in [5.74, 6) is -2.97. The molecule has 0 bridgehead atoms. The number of rotatable bonds is 10. The van der Waals surface area contributed by atoms with Gasteiger partial charge in [-0.25, -0.2) is 14.4 Å². The van der Waals surface area contributed by atoms with E-state index in [0.29, 0.717) is 43.3 Å². The van der Waals surface area contributed by atoms with Gasteiger partial charge in [-0.15, -0.1) is 0 Å². The van der Waals surface area contributed by atoms with Gasteiger partial charge in [0.25, 0.3) is 0 Å². The maximum atomic E-state index is 13.7. The van der Waals surface area contributed by atoms with Gasteiger partial charge in [0.05, 0.1) is 30.8 Å². The Morgan fingerprint density at radius 1 is 0.779 bits per heavy atom. The molecule has 8 N–H and O–H groups in total. The molecular formula is C51H78O17. The van der Waals surface area contributed by atoms with Crippen LogP contribution in [0.25, 0.3) is 0 Å². The van der Waals surface area contributed by atoms with Crippen LogP contribution in [0.1, 0.15) is 121 Å². The van der Waals surface area contributed by atoms with Gasteiger partial charge in [0.15, 0.2) is 24.8 Å². The Bertz CT molecular complexity index is 2030. The first-order valence-electron chi connectivity index (χ1n) is 24.5. The van der Waals surface area contributed by atoms with Crippen molar-refractivity contribution in [3.63, 3.8) is 0 Å². The molecule has 2 aliphatic heterocycles. The molecule has 7 aliphatic rings. The molecule has 2 heterocycles. The van der Waals surface area contributed by atoms with E-state index in [2.05, 4.69) is 40.7 Å². The minimum absolute atomic E-state index is 0.0612. The van der Waals surface area contributed by atoms with Crippen LogP contribution in [0.15, 0.2) is 34.9 Å². The highest BCUT2D eigenvalue weighted by Crippen LogP contribution is 2.77. The monoisotopic (exact) mass is 963 g/mol. The van der Waals surface area contributed by atoms with Crippen molar-refractivity contribution >= 4 is 17.9 Å². The van der Waals surface area contributed by atoms with Crippen molar-refractivity contribution in [1.82, 2.24) is 0 Å². The van der Waals surface area contributed by atoms with E-state index in [4.69, 9.17) is 28.4 Å². The highest BCUT2D eigenvalue weighted by Gasteiger charge is 2.74. The molecule has 2 saturated heterocycles. The molecule has 0 radical (unpaired) electrons. The summed E-state index contributed by atoms with van der Waals surface area (Å²) in [4.78, 5) is 39.6. The number of carbonyl (C=O) groups excluding carboxylic acids is 2. The third-order valence-electron chi connectivity index (χ3n) is 18.8. The highest BCUT2D eigenvalue weighted by atomic mass is 16.7. The zero-order chi connectivity index (χ0) is 50.4. The highest BCUT2D eigenvalue weighted by molar-refractivity contribution is 5.89. The lowest BCUT2D eigenvalue weighted by molar-refractivity contribution is -0.352. The second-order valence-corrected chi connectivity index (χ2v) is 23.4. The summed E-state index contributed by atoms with van der Waals surface area (Å²) >= 11 is 0. The summed E-state index contributed by atoms with van der Waals surface area (Å²) in [7, 11) is 0. The average Bonchev–Trinajstić information content (AvgIpc) is 3.26. The van der Waals surface area contributed by atoms with E-state index in [1.54, 1.807) is 39.8 Å². The van der Waals surface area contributed by atoms with Gasteiger partial charge in [-0.1, -0.05) is 72.3 Å². The average molecular weight is 963 g/mol. The Morgan fingerprint density at radius 3 is 1.99 bits per heavy atom. The first kappa shape index (κ1) is 53.0. The molecule has 384 valence electrons. The number of ether oxygens (including phenoxy) is 6. The molecule has 0 amide bonds. The summed E-state index contributed by atoms with van der Waals surface area (Å²) in [6.07, 6.45) is -9.48. The van der Waals surface area contributed by atoms with E-state index >= 15 is 0 Å². The van der Waals surface area contributed by atoms with Crippen molar-refractivity contribution < 1.29 is 83.7 Å². The van der Waals surface area contributed by atoms with Gasteiger partial charge in [-0.2, -0.15) is 0 Å². The van der Waals surface area contributed by atoms with Crippen molar-refractivity contribution in [3.05, 3.63) is 34.9 Å². The summed E-state index contributed by atoms with van der Waals surface area (Å²) in [5.41, 5.74) is -1.89. The number of carbonyl (C=O) groups is 3. The molecule has 0 aromatic carbocycles. The number of hydrogen-bond acceptors (Lipinski definition) is 16. The predicted molar refractivity (Wildman–Crippen MR) is 243 cm³/mol. The van der Waals surface area contributed by atoms with Crippen molar-refractivity contribution in [2.75, 3.05) is 13.2 Å². The lowest BCUT2D eigenvalue weighted by Gasteiger charge is -2.73. The Balaban J connectivity index is 1.19. The van der Waals surface area contributed by atoms with Crippen LogP contribution in [0.5, 0.6) is 0 Å². The fraction of sp³-hybridized carbons (Fsp3) is 0.824. The van der Waals surface area contributed by atoms with E-state index < -0.39 is 133 Å². The quantitative estimate of drug-likeness (QED) is 0.0674. The third kappa shape index (κ3) is 8.34. The first-order valence-corrected chi connectivity index (χ1v) is 24.5. The lowest BCUT2D eigenvalue weighted by Crippen LogP contribution is -2.73. The second-order valence-electron chi connectivity index (χ2n) is 23.4. The smallest absolute Gasteiger partial charge is 0.335 e. The molecule has 68 heavy (non-hydrogen) atoms. The minimum Gasteiger partial charge on any atom is -0.479 e. The van der Waals surface area contributed by atoms with Crippen LogP contribution in [0.2, 0.25) is 0 Å². The van der Waals surface area contributed by atoms with Crippen LogP contribution in [-0.2, 0) is 42.8 Å². The van der Waals surface area contributed by atoms with Gasteiger partial charge >= 0.3 is 17.9 Å². The zero-order valence-corrected chi connectivity index (χ0v) is 41.6. The van der Waals surface area contributed by atoms with Crippen LogP contribution in [0, 0.1) is 50.2 Å². The van der Waals surface area contributed by atoms with Gasteiger partial charge < -0.3 is 69.3 Å². The van der Waals surface area contributed by atoms with E-state index in [9.17, 15) is 55.2 Å². The summed E-state index contributed by atoms with van der Waals surface area (Å²) in [5, 5.41) is 87.9. The Morgan fingerprint density at radius 2 is 1.40 bits per heavy atom. The largest absolute Gasteiger partial charge is 0.479 e. The van der Waals surface area contributed by atoms with E-state index in [-0.39, 0.29) is 34.5 Å². The molecule has 17 heteroatoms. The molecule has 20 unspecified atom stereocenters. The zero-order valence-electron chi connectivity index (χ0n) is 41.6. The SMILES string of the molecule is CC=C(C)C(=O)OC1C(OC(=O)C(C)=CC)C2(CO)C(O)CC3(C)C(=CCC4C5(C)CCC(OC6OC(C(=O)O)C(O)C(OC7OCC(O)C(O)C7O)C6O)CC5C(C)(C)CC43C)C2CC1(C)C. The Hall–Kier alpha value is -2.81. The number of allylic oxidation sites excluding steroid dienone is 4. The Labute approximate surface area is 399 Å². The maximum Gasteiger partial charge on any atom is 0.335 e. The fourth-order valence-electron chi connectivity index (χ4n) is 14.8. The van der Waals surface area contributed by atoms with Crippen molar-refractivity contribution in [2.24, 2.45) is 50.2 Å². The molecule has 4 saturated carbocycles. The van der Waals surface area contributed by atoms with Gasteiger partial charge in [0.1, 0.15) is 42.7 Å². The number of carboxylic acids is 1. The molecule has 0 spiro atoms. The number of fused-ring (bicyclic) bond motifs is 7. The van der Waals surface area contributed by atoms with Gasteiger partial charge in [0.2, 0.25) is 0 Å². The Kier molecular flexibility index (Phi) is 14.5. The topological polar surface area (TPSA) is 268 Å². The molecule has 20 atom stereocenters. The lowest BCUT2D eigenvalue weighted by atomic mass is 9.31.